The maximum absolute atomic E-state index is 5.89. The van der Waals surface area contributed by atoms with Crippen LogP contribution in [0.3, 0.4) is 0 Å². The number of fused-ring (bicyclic) bond motifs is 2. The number of pyridine rings is 1. The molecule has 0 aliphatic carbocycles. The molecule has 0 N–H and O–H groups in total. The highest BCUT2D eigenvalue weighted by Gasteiger charge is 2.14. The molecule has 0 radical (unpaired) electrons. The lowest BCUT2D eigenvalue weighted by Crippen LogP contribution is -1.92. The molecular weight excluding hydrogens is 294 g/mol. The molecule has 0 unspecified atom stereocenters. The summed E-state index contributed by atoms with van der Waals surface area (Å²) in [4.78, 5) is 4.31. The predicted octanol–water partition coefficient (Wildman–Crippen LogP) is 4.13. The molecule has 1 aromatic heterocycles. The van der Waals surface area contributed by atoms with Crippen molar-refractivity contribution in [2.75, 3.05) is 7.11 Å². The van der Waals surface area contributed by atoms with Gasteiger partial charge in [0.15, 0.2) is 5.75 Å². The standard InChI is InChI=1S/C14H10BrNO2/c1-17-9-7-14-12(16-8-9)6-5-10-11(15)3-2-4-13(10)18-14/h2-8H,1H3. The molecule has 0 saturated carbocycles. The highest BCUT2D eigenvalue weighted by Crippen LogP contribution is 2.37. The Morgan fingerprint density at radius 3 is 2.94 bits per heavy atom. The molecule has 0 amide bonds. The van der Waals surface area contributed by atoms with E-state index in [9.17, 15) is 0 Å². The van der Waals surface area contributed by atoms with Gasteiger partial charge in [0.05, 0.1) is 13.3 Å². The average molecular weight is 304 g/mol. The monoisotopic (exact) mass is 303 g/mol. The Hall–Kier alpha value is -1.81. The Morgan fingerprint density at radius 1 is 1.22 bits per heavy atom. The zero-order valence-corrected chi connectivity index (χ0v) is 11.3. The minimum atomic E-state index is 0.681. The van der Waals surface area contributed by atoms with Crippen LogP contribution in [0.15, 0.2) is 34.9 Å². The van der Waals surface area contributed by atoms with Gasteiger partial charge >= 0.3 is 0 Å². The van der Waals surface area contributed by atoms with E-state index in [0.717, 1.165) is 21.5 Å². The summed E-state index contributed by atoms with van der Waals surface area (Å²) in [5.41, 5.74) is 1.80. The summed E-state index contributed by atoms with van der Waals surface area (Å²) in [5, 5.41) is 0. The zero-order chi connectivity index (χ0) is 12.5. The van der Waals surface area contributed by atoms with Crippen LogP contribution in [-0.2, 0) is 0 Å². The quantitative estimate of drug-likeness (QED) is 0.677. The van der Waals surface area contributed by atoms with Crippen molar-refractivity contribution in [2.24, 2.45) is 0 Å². The molecule has 2 heterocycles. The van der Waals surface area contributed by atoms with Gasteiger partial charge in [-0.15, -0.1) is 0 Å². The third-order valence-electron chi connectivity index (χ3n) is 2.73. The first-order valence-corrected chi connectivity index (χ1v) is 6.26. The van der Waals surface area contributed by atoms with Crippen molar-refractivity contribution in [3.8, 4) is 17.2 Å². The van der Waals surface area contributed by atoms with Crippen LogP contribution < -0.4 is 9.47 Å². The Kier molecular flexibility index (Phi) is 2.80. The fourth-order valence-corrected chi connectivity index (χ4v) is 2.28. The molecule has 0 fully saturated rings. The van der Waals surface area contributed by atoms with Crippen LogP contribution in [0, 0.1) is 0 Å². The Labute approximate surface area is 113 Å². The first-order chi connectivity index (χ1) is 8.78. The zero-order valence-electron chi connectivity index (χ0n) is 9.68. The summed E-state index contributed by atoms with van der Waals surface area (Å²) < 4.78 is 12.0. The van der Waals surface area contributed by atoms with Crippen LogP contribution in [0.4, 0.5) is 0 Å². The molecule has 2 aromatic rings. The van der Waals surface area contributed by atoms with E-state index < -0.39 is 0 Å². The molecule has 0 atom stereocenters. The van der Waals surface area contributed by atoms with Gasteiger partial charge in [-0.2, -0.15) is 0 Å². The average Bonchev–Trinajstić information content (AvgIpc) is 2.57. The second kappa shape index (κ2) is 4.46. The lowest BCUT2D eigenvalue weighted by Gasteiger charge is -2.10. The summed E-state index contributed by atoms with van der Waals surface area (Å²) in [6.07, 6.45) is 5.60. The first-order valence-electron chi connectivity index (χ1n) is 5.46. The van der Waals surface area contributed by atoms with Crippen molar-refractivity contribution < 1.29 is 9.47 Å². The van der Waals surface area contributed by atoms with Gasteiger partial charge in [-0.25, -0.2) is 4.98 Å². The number of benzene rings is 1. The molecule has 1 aliphatic heterocycles. The second-order valence-corrected chi connectivity index (χ2v) is 4.70. The second-order valence-electron chi connectivity index (χ2n) is 3.85. The fourth-order valence-electron chi connectivity index (χ4n) is 1.80. The van der Waals surface area contributed by atoms with Crippen LogP contribution in [-0.4, -0.2) is 12.1 Å². The van der Waals surface area contributed by atoms with Crippen molar-refractivity contribution in [1.82, 2.24) is 4.98 Å². The lowest BCUT2D eigenvalue weighted by molar-refractivity contribution is 0.406. The third-order valence-corrected chi connectivity index (χ3v) is 3.42. The van der Waals surface area contributed by atoms with Crippen LogP contribution >= 0.6 is 15.9 Å². The number of hydrogen-bond donors (Lipinski definition) is 0. The van der Waals surface area contributed by atoms with Crippen molar-refractivity contribution >= 4 is 28.1 Å². The fraction of sp³-hybridized carbons (Fsp3) is 0.0714. The van der Waals surface area contributed by atoms with Crippen molar-refractivity contribution in [3.63, 3.8) is 0 Å². The SMILES string of the molecule is COc1cnc2c(c1)Oc1cccc(Br)c1C=C2. The van der Waals surface area contributed by atoms with Gasteiger partial charge in [0.2, 0.25) is 0 Å². The van der Waals surface area contributed by atoms with Crippen molar-refractivity contribution in [2.45, 2.75) is 0 Å². The van der Waals surface area contributed by atoms with E-state index in [1.165, 1.54) is 0 Å². The number of hydrogen-bond acceptors (Lipinski definition) is 3. The summed E-state index contributed by atoms with van der Waals surface area (Å²) >= 11 is 3.51. The highest BCUT2D eigenvalue weighted by molar-refractivity contribution is 9.10. The first kappa shape index (κ1) is 11.3. The molecule has 0 bridgehead atoms. The van der Waals surface area contributed by atoms with E-state index in [-0.39, 0.29) is 0 Å². The number of rotatable bonds is 1. The van der Waals surface area contributed by atoms with Crippen LogP contribution in [0.5, 0.6) is 17.2 Å². The topological polar surface area (TPSA) is 31.4 Å². The van der Waals surface area contributed by atoms with Gasteiger partial charge in [-0.3, -0.25) is 0 Å². The molecule has 90 valence electrons. The van der Waals surface area contributed by atoms with E-state index >= 15 is 0 Å². The normalized spacial score (nSPS) is 12.1. The van der Waals surface area contributed by atoms with Gasteiger partial charge in [0.1, 0.15) is 17.2 Å². The van der Waals surface area contributed by atoms with E-state index in [4.69, 9.17) is 9.47 Å². The van der Waals surface area contributed by atoms with Crippen LogP contribution in [0.1, 0.15) is 11.3 Å². The van der Waals surface area contributed by atoms with E-state index in [1.807, 2.05) is 36.4 Å². The third kappa shape index (κ3) is 1.88. The minimum Gasteiger partial charge on any atom is -0.495 e. The summed E-state index contributed by atoms with van der Waals surface area (Å²) in [6.45, 7) is 0. The summed E-state index contributed by atoms with van der Waals surface area (Å²) in [6, 6.07) is 7.69. The molecule has 1 aromatic carbocycles. The van der Waals surface area contributed by atoms with Crippen LogP contribution in [0.2, 0.25) is 0 Å². The van der Waals surface area contributed by atoms with Gasteiger partial charge in [-0.1, -0.05) is 22.0 Å². The highest BCUT2D eigenvalue weighted by atomic mass is 79.9. The van der Waals surface area contributed by atoms with E-state index in [1.54, 1.807) is 13.3 Å². The Morgan fingerprint density at radius 2 is 2.11 bits per heavy atom. The minimum absolute atomic E-state index is 0.681. The van der Waals surface area contributed by atoms with Crippen molar-refractivity contribution in [3.05, 3.63) is 46.2 Å². The molecule has 3 nitrogen and oxygen atoms in total. The molecular formula is C14H10BrNO2. The Bertz CT molecular complexity index is 638. The Balaban J connectivity index is 2.14. The van der Waals surface area contributed by atoms with E-state index in [2.05, 4.69) is 20.9 Å². The van der Waals surface area contributed by atoms with Gasteiger partial charge in [0, 0.05) is 16.1 Å². The summed E-state index contributed by atoms with van der Waals surface area (Å²) in [7, 11) is 1.61. The molecule has 3 rings (SSSR count). The smallest absolute Gasteiger partial charge is 0.156 e. The maximum atomic E-state index is 5.89. The number of halogens is 1. The number of ether oxygens (including phenoxy) is 2. The predicted molar refractivity (Wildman–Crippen MR) is 73.9 cm³/mol. The maximum Gasteiger partial charge on any atom is 0.156 e. The summed E-state index contributed by atoms with van der Waals surface area (Å²) in [5.74, 6) is 2.18. The number of methoxy groups -OCH3 is 1. The lowest BCUT2D eigenvalue weighted by atomic mass is 10.2. The molecule has 4 heteroatoms. The van der Waals surface area contributed by atoms with Gasteiger partial charge in [0.25, 0.3) is 0 Å². The van der Waals surface area contributed by atoms with Gasteiger partial charge < -0.3 is 9.47 Å². The number of nitrogens with zero attached hydrogens (tertiary/aromatic N) is 1. The largest absolute Gasteiger partial charge is 0.495 e. The van der Waals surface area contributed by atoms with Crippen molar-refractivity contribution in [1.29, 1.82) is 0 Å². The van der Waals surface area contributed by atoms with Crippen LogP contribution in [0.25, 0.3) is 12.2 Å². The van der Waals surface area contributed by atoms with Gasteiger partial charge in [-0.05, 0) is 24.3 Å². The molecule has 0 spiro atoms. The number of aromatic nitrogens is 1. The van der Waals surface area contributed by atoms with E-state index in [0.29, 0.717) is 11.5 Å². The molecule has 18 heavy (non-hydrogen) atoms. The molecule has 1 aliphatic rings. The molecule has 0 saturated heterocycles.